The van der Waals surface area contributed by atoms with Crippen molar-refractivity contribution in [2.75, 3.05) is 5.32 Å². The largest absolute Gasteiger partial charge is 0.326 e. The normalized spacial score (nSPS) is 10.4. The summed E-state index contributed by atoms with van der Waals surface area (Å²) in [7, 11) is 0. The quantitative estimate of drug-likeness (QED) is 0.884. The van der Waals surface area contributed by atoms with Gasteiger partial charge in [-0.15, -0.1) is 0 Å². The van der Waals surface area contributed by atoms with Crippen molar-refractivity contribution in [2.24, 2.45) is 0 Å². The summed E-state index contributed by atoms with van der Waals surface area (Å²) in [5.74, 6) is -0.0436. The van der Waals surface area contributed by atoms with E-state index in [-0.39, 0.29) is 5.91 Å². The van der Waals surface area contributed by atoms with Gasteiger partial charge >= 0.3 is 0 Å². The van der Waals surface area contributed by atoms with Gasteiger partial charge in [-0.25, -0.2) is 0 Å². The molecule has 3 heteroatoms. The van der Waals surface area contributed by atoms with Gasteiger partial charge in [-0.3, -0.25) is 4.79 Å². The molecule has 0 unspecified atom stereocenters. The zero-order valence-electron chi connectivity index (χ0n) is 12.0. The molecule has 1 N–H and O–H groups in total. The third-order valence-electron chi connectivity index (χ3n) is 3.30. The summed E-state index contributed by atoms with van der Waals surface area (Å²) in [6.45, 7) is 5.60. The number of anilines is 1. The number of hydrogen-bond donors (Lipinski definition) is 1. The van der Waals surface area contributed by atoms with Crippen molar-refractivity contribution in [2.45, 2.75) is 27.2 Å². The lowest BCUT2D eigenvalue weighted by atomic mass is 9.97. The van der Waals surface area contributed by atoms with Crippen LogP contribution < -0.4 is 5.32 Å². The number of nitrogens with one attached hydrogen (secondary N) is 1. The first-order valence-corrected chi connectivity index (χ1v) is 6.95. The highest BCUT2D eigenvalue weighted by Crippen LogP contribution is 2.23. The van der Waals surface area contributed by atoms with Crippen LogP contribution in [0.3, 0.4) is 0 Å². The Bertz CT molecular complexity index is 632. The highest BCUT2D eigenvalue weighted by atomic mass is 35.5. The van der Waals surface area contributed by atoms with Gasteiger partial charge in [-0.05, 0) is 60.7 Å². The lowest BCUT2D eigenvalue weighted by Gasteiger charge is -2.12. The minimum atomic E-state index is -0.0436. The molecule has 0 spiro atoms. The predicted molar refractivity (Wildman–Crippen MR) is 84.5 cm³/mol. The molecule has 2 rings (SSSR count). The summed E-state index contributed by atoms with van der Waals surface area (Å²) in [4.78, 5) is 11.2. The maximum atomic E-state index is 11.2. The van der Waals surface area contributed by atoms with Crippen LogP contribution in [0, 0.1) is 13.8 Å². The second-order valence-corrected chi connectivity index (χ2v) is 5.51. The van der Waals surface area contributed by atoms with E-state index in [4.69, 9.17) is 11.6 Å². The SMILES string of the molecule is CC(=O)Nc1cc(C)c(Cc2ccc(Cl)cc2)cc1C. The first kappa shape index (κ1) is 14.6. The molecule has 0 atom stereocenters. The first-order valence-electron chi connectivity index (χ1n) is 6.58. The Labute approximate surface area is 124 Å². The molecule has 0 radical (unpaired) electrons. The van der Waals surface area contributed by atoms with Crippen molar-refractivity contribution >= 4 is 23.2 Å². The van der Waals surface area contributed by atoms with Gasteiger partial charge in [0.2, 0.25) is 5.91 Å². The molecule has 0 fully saturated rings. The van der Waals surface area contributed by atoms with E-state index in [2.05, 4.69) is 18.3 Å². The maximum absolute atomic E-state index is 11.2. The molecule has 0 aliphatic heterocycles. The third-order valence-corrected chi connectivity index (χ3v) is 3.55. The van der Waals surface area contributed by atoms with Crippen LogP contribution in [-0.2, 0) is 11.2 Å². The van der Waals surface area contributed by atoms with Gasteiger partial charge in [0.1, 0.15) is 0 Å². The number of hydrogen-bond acceptors (Lipinski definition) is 1. The summed E-state index contributed by atoms with van der Waals surface area (Å²) in [6.07, 6.45) is 0.865. The summed E-state index contributed by atoms with van der Waals surface area (Å²) < 4.78 is 0. The summed E-state index contributed by atoms with van der Waals surface area (Å²) in [5, 5.41) is 3.61. The number of aryl methyl sites for hydroxylation is 2. The zero-order valence-corrected chi connectivity index (χ0v) is 12.7. The molecule has 2 nitrogen and oxygen atoms in total. The molecular weight excluding hydrogens is 270 g/mol. The molecule has 1 amide bonds. The lowest BCUT2D eigenvalue weighted by Crippen LogP contribution is -2.08. The van der Waals surface area contributed by atoms with E-state index in [1.165, 1.54) is 23.6 Å². The molecule has 2 aromatic rings. The minimum absolute atomic E-state index is 0.0436. The standard InChI is InChI=1S/C17H18ClNO/c1-11-9-17(19-13(3)20)12(2)8-15(11)10-14-4-6-16(18)7-5-14/h4-9H,10H2,1-3H3,(H,19,20). The predicted octanol–water partition coefficient (Wildman–Crippen LogP) is 4.51. The smallest absolute Gasteiger partial charge is 0.221 e. The molecule has 0 bridgehead atoms. The van der Waals surface area contributed by atoms with E-state index >= 15 is 0 Å². The van der Waals surface area contributed by atoms with Crippen LogP contribution in [-0.4, -0.2) is 5.91 Å². The Balaban J connectivity index is 2.26. The molecule has 104 valence electrons. The Hall–Kier alpha value is -1.80. The van der Waals surface area contributed by atoms with E-state index in [1.807, 2.05) is 37.3 Å². The second kappa shape index (κ2) is 6.10. The van der Waals surface area contributed by atoms with Gasteiger partial charge in [0, 0.05) is 17.6 Å². The molecule has 2 aromatic carbocycles. The number of carbonyl (C=O) groups excluding carboxylic acids is 1. The molecule has 0 heterocycles. The average Bonchev–Trinajstić information content (AvgIpc) is 2.37. The Morgan fingerprint density at radius 2 is 1.75 bits per heavy atom. The number of amides is 1. The monoisotopic (exact) mass is 287 g/mol. The molecule has 0 saturated heterocycles. The lowest BCUT2D eigenvalue weighted by molar-refractivity contribution is -0.114. The van der Waals surface area contributed by atoms with Crippen LogP contribution in [0.15, 0.2) is 36.4 Å². The van der Waals surface area contributed by atoms with Gasteiger partial charge in [0.15, 0.2) is 0 Å². The molecule has 0 aliphatic rings. The van der Waals surface area contributed by atoms with Crippen LogP contribution in [0.25, 0.3) is 0 Å². The number of rotatable bonds is 3. The fourth-order valence-electron chi connectivity index (χ4n) is 2.21. The summed E-state index contributed by atoms with van der Waals surface area (Å²) in [6, 6.07) is 12.1. The van der Waals surface area contributed by atoms with Crippen LogP contribution in [0.5, 0.6) is 0 Å². The topological polar surface area (TPSA) is 29.1 Å². The van der Waals surface area contributed by atoms with E-state index in [0.29, 0.717) is 0 Å². The second-order valence-electron chi connectivity index (χ2n) is 5.08. The van der Waals surface area contributed by atoms with Crippen LogP contribution in [0.4, 0.5) is 5.69 Å². The highest BCUT2D eigenvalue weighted by Gasteiger charge is 2.06. The minimum Gasteiger partial charge on any atom is -0.326 e. The first-order chi connectivity index (χ1) is 9.45. The number of halogens is 1. The van der Waals surface area contributed by atoms with E-state index in [1.54, 1.807) is 0 Å². The zero-order chi connectivity index (χ0) is 14.7. The molecule has 0 aromatic heterocycles. The molecule has 20 heavy (non-hydrogen) atoms. The van der Waals surface area contributed by atoms with Crippen molar-refractivity contribution in [3.63, 3.8) is 0 Å². The summed E-state index contributed by atoms with van der Waals surface area (Å²) >= 11 is 5.90. The Morgan fingerprint density at radius 1 is 1.10 bits per heavy atom. The molecule has 0 aliphatic carbocycles. The van der Waals surface area contributed by atoms with Gasteiger partial charge in [-0.1, -0.05) is 29.8 Å². The van der Waals surface area contributed by atoms with Crippen molar-refractivity contribution < 1.29 is 4.79 Å². The van der Waals surface area contributed by atoms with Crippen LogP contribution in [0.1, 0.15) is 29.2 Å². The van der Waals surface area contributed by atoms with Gasteiger partial charge in [0.05, 0.1) is 0 Å². The Morgan fingerprint density at radius 3 is 2.35 bits per heavy atom. The van der Waals surface area contributed by atoms with Gasteiger partial charge < -0.3 is 5.32 Å². The van der Waals surface area contributed by atoms with Crippen LogP contribution in [0.2, 0.25) is 5.02 Å². The molecular formula is C17H18ClNO. The van der Waals surface area contributed by atoms with E-state index < -0.39 is 0 Å². The number of carbonyl (C=O) groups is 1. The fourth-order valence-corrected chi connectivity index (χ4v) is 2.34. The maximum Gasteiger partial charge on any atom is 0.221 e. The van der Waals surface area contributed by atoms with Crippen molar-refractivity contribution in [1.82, 2.24) is 0 Å². The van der Waals surface area contributed by atoms with E-state index in [0.717, 1.165) is 22.7 Å². The average molecular weight is 288 g/mol. The van der Waals surface area contributed by atoms with Crippen molar-refractivity contribution in [3.05, 3.63) is 63.7 Å². The highest BCUT2D eigenvalue weighted by molar-refractivity contribution is 6.30. The third kappa shape index (κ3) is 3.61. The fraction of sp³-hybridized carbons (Fsp3) is 0.235. The van der Waals surface area contributed by atoms with Gasteiger partial charge in [0.25, 0.3) is 0 Å². The van der Waals surface area contributed by atoms with Crippen LogP contribution >= 0.6 is 11.6 Å². The van der Waals surface area contributed by atoms with Crippen molar-refractivity contribution in [1.29, 1.82) is 0 Å². The molecule has 0 saturated carbocycles. The Kier molecular flexibility index (Phi) is 4.46. The van der Waals surface area contributed by atoms with E-state index in [9.17, 15) is 4.79 Å². The summed E-state index contributed by atoms with van der Waals surface area (Å²) in [5.41, 5.74) is 5.63. The number of benzene rings is 2. The van der Waals surface area contributed by atoms with Crippen molar-refractivity contribution in [3.8, 4) is 0 Å². The van der Waals surface area contributed by atoms with Gasteiger partial charge in [-0.2, -0.15) is 0 Å².